The van der Waals surface area contributed by atoms with Crippen LogP contribution in [0.5, 0.6) is 0 Å². The van der Waals surface area contributed by atoms with Crippen molar-refractivity contribution < 1.29 is 9.53 Å². The molecule has 6 nitrogen and oxygen atoms in total. The second-order valence-corrected chi connectivity index (χ2v) is 6.82. The van der Waals surface area contributed by atoms with Crippen LogP contribution in [0.1, 0.15) is 36.5 Å². The van der Waals surface area contributed by atoms with E-state index in [9.17, 15) is 4.79 Å². The van der Waals surface area contributed by atoms with Crippen molar-refractivity contribution in [2.24, 2.45) is 4.99 Å². The Hall–Kier alpha value is -1.06. The summed E-state index contributed by atoms with van der Waals surface area (Å²) in [5.41, 5.74) is 0.595. The predicted molar refractivity (Wildman–Crippen MR) is 115 cm³/mol. The summed E-state index contributed by atoms with van der Waals surface area (Å²) >= 11 is 5.83. The van der Waals surface area contributed by atoms with Crippen LogP contribution in [0.2, 0.25) is 5.02 Å². The van der Waals surface area contributed by atoms with E-state index in [1.165, 1.54) is 6.42 Å². The predicted octanol–water partition coefficient (Wildman–Crippen LogP) is 2.56. The van der Waals surface area contributed by atoms with Crippen molar-refractivity contribution in [1.82, 2.24) is 16.0 Å². The first-order valence-electron chi connectivity index (χ1n) is 8.89. The fourth-order valence-electron chi connectivity index (χ4n) is 3.33. The molecule has 2 saturated heterocycles. The van der Waals surface area contributed by atoms with E-state index in [1.807, 2.05) is 6.92 Å². The zero-order valence-electron chi connectivity index (χ0n) is 14.8. The van der Waals surface area contributed by atoms with Gasteiger partial charge in [0.1, 0.15) is 0 Å². The van der Waals surface area contributed by atoms with Crippen LogP contribution in [0.15, 0.2) is 29.3 Å². The molecule has 0 aromatic heterocycles. The maximum atomic E-state index is 12.0. The van der Waals surface area contributed by atoms with Gasteiger partial charge in [-0.2, -0.15) is 0 Å². The molecule has 3 atom stereocenters. The molecule has 0 spiro atoms. The molecule has 3 N–H and O–H groups in total. The minimum absolute atomic E-state index is 0. The Morgan fingerprint density at radius 2 is 2.04 bits per heavy atom. The summed E-state index contributed by atoms with van der Waals surface area (Å²) in [6.07, 6.45) is 4.05. The molecular weight excluding hydrogens is 467 g/mol. The maximum absolute atomic E-state index is 12.0. The lowest BCUT2D eigenvalue weighted by molar-refractivity contribution is 0.0954. The van der Waals surface area contributed by atoms with Crippen molar-refractivity contribution in [3.05, 3.63) is 34.9 Å². The molecule has 3 unspecified atom stereocenters. The summed E-state index contributed by atoms with van der Waals surface area (Å²) in [6, 6.07) is 7.17. The number of nitrogens with one attached hydrogen (secondary N) is 3. The van der Waals surface area contributed by atoms with Crippen molar-refractivity contribution in [1.29, 1.82) is 0 Å². The largest absolute Gasteiger partial charge is 0.373 e. The first kappa shape index (κ1) is 21.2. The highest BCUT2D eigenvalue weighted by Gasteiger charge is 2.41. The van der Waals surface area contributed by atoms with Gasteiger partial charge in [-0.1, -0.05) is 11.6 Å². The Bertz CT molecular complexity index is 626. The highest BCUT2D eigenvalue weighted by atomic mass is 127. The molecular formula is C18H26ClIN4O2. The maximum Gasteiger partial charge on any atom is 0.251 e. The van der Waals surface area contributed by atoms with E-state index >= 15 is 0 Å². The van der Waals surface area contributed by atoms with Crippen molar-refractivity contribution in [2.45, 2.75) is 44.4 Å². The van der Waals surface area contributed by atoms with Crippen LogP contribution in [-0.2, 0) is 4.74 Å². The average Bonchev–Trinajstić information content (AvgIpc) is 3.22. The number of aliphatic imine (C=N–C) groups is 1. The molecule has 0 radical (unpaired) electrons. The van der Waals surface area contributed by atoms with Gasteiger partial charge in [-0.15, -0.1) is 24.0 Å². The molecule has 8 heteroatoms. The topological polar surface area (TPSA) is 74.8 Å². The van der Waals surface area contributed by atoms with Gasteiger partial charge in [0.2, 0.25) is 0 Å². The highest BCUT2D eigenvalue weighted by molar-refractivity contribution is 14.0. The molecule has 2 fully saturated rings. The van der Waals surface area contributed by atoms with Crippen molar-refractivity contribution in [3.8, 4) is 0 Å². The average molecular weight is 493 g/mol. The van der Waals surface area contributed by atoms with Gasteiger partial charge in [-0.25, -0.2) is 0 Å². The van der Waals surface area contributed by atoms with Gasteiger partial charge in [-0.05, 0) is 50.5 Å². The van der Waals surface area contributed by atoms with Crippen LogP contribution in [0, 0.1) is 0 Å². The van der Waals surface area contributed by atoms with Crippen LogP contribution >= 0.6 is 35.6 Å². The Morgan fingerprint density at radius 3 is 2.65 bits per heavy atom. The number of amides is 1. The van der Waals surface area contributed by atoms with Gasteiger partial charge in [-0.3, -0.25) is 9.79 Å². The number of hydrogen-bond donors (Lipinski definition) is 3. The Kier molecular flexibility index (Phi) is 8.43. The lowest BCUT2D eigenvalue weighted by atomic mass is 9.96. The lowest BCUT2D eigenvalue weighted by Crippen LogP contribution is -2.47. The van der Waals surface area contributed by atoms with E-state index in [0.717, 1.165) is 25.3 Å². The van der Waals surface area contributed by atoms with Gasteiger partial charge in [0.25, 0.3) is 5.91 Å². The molecule has 2 aliphatic heterocycles. The summed E-state index contributed by atoms with van der Waals surface area (Å²) in [7, 11) is 0. The quantitative estimate of drug-likeness (QED) is 0.247. The SMILES string of the molecule is CCNC(=NCCNC(=O)c1ccc(Cl)cc1)NC1CC2CCC1O2.I. The fourth-order valence-corrected chi connectivity index (χ4v) is 3.45. The van der Waals surface area contributed by atoms with E-state index < -0.39 is 0 Å². The van der Waals surface area contributed by atoms with Crippen molar-refractivity contribution in [3.63, 3.8) is 0 Å². The summed E-state index contributed by atoms with van der Waals surface area (Å²) in [5, 5.41) is 10.2. The monoisotopic (exact) mass is 492 g/mol. The smallest absolute Gasteiger partial charge is 0.251 e. The number of benzene rings is 1. The number of rotatable bonds is 6. The third-order valence-corrected chi connectivity index (χ3v) is 4.80. The normalized spacial score (nSPS) is 24.1. The van der Waals surface area contributed by atoms with E-state index in [2.05, 4.69) is 20.9 Å². The molecule has 26 heavy (non-hydrogen) atoms. The van der Waals surface area contributed by atoms with Gasteiger partial charge >= 0.3 is 0 Å². The number of fused-ring (bicyclic) bond motifs is 2. The number of halogens is 2. The van der Waals surface area contributed by atoms with Crippen LogP contribution < -0.4 is 16.0 Å². The second-order valence-electron chi connectivity index (χ2n) is 6.38. The van der Waals surface area contributed by atoms with E-state index in [1.54, 1.807) is 24.3 Å². The number of nitrogens with zero attached hydrogens (tertiary/aromatic N) is 1. The number of ether oxygens (including phenoxy) is 1. The van der Waals surface area contributed by atoms with Gasteiger partial charge in [0, 0.05) is 23.7 Å². The van der Waals surface area contributed by atoms with Crippen LogP contribution in [0.4, 0.5) is 0 Å². The zero-order chi connectivity index (χ0) is 17.6. The van der Waals surface area contributed by atoms with E-state index in [-0.39, 0.29) is 29.9 Å². The lowest BCUT2D eigenvalue weighted by Gasteiger charge is -2.22. The van der Waals surface area contributed by atoms with Crippen LogP contribution in [0.3, 0.4) is 0 Å². The molecule has 1 aromatic carbocycles. The number of hydrogen-bond acceptors (Lipinski definition) is 3. The second kappa shape index (κ2) is 10.3. The molecule has 0 saturated carbocycles. The first-order valence-corrected chi connectivity index (χ1v) is 9.27. The Labute approximate surface area is 176 Å². The third kappa shape index (κ3) is 5.72. The molecule has 3 rings (SSSR count). The highest BCUT2D eigenvalue weighted by Crippen LogP contribution is 2.34. The molecule has 144 valence electrons. The fraction of sp³-hybridized carbons (Fsp3) is 0.556. The molecule has 1 amide bonds. The van der Waals surface area contributed by atoms with Crippen molar-refractivity contribution >= 4 is 47.4 Å². The van der Waals surface area contributed by atoms with Gasteiger partial charge in [0.05, 0.1) is 24.8 Å². The molecule has 2 heterocycles. The third-order valence-electron chi connectivity index (χ3n) is 4.55. The molecule has 2 bridgehead atoms. The minimum atomic E-state index is -0.119. The Morgan fingerprint density at radius 1 is 1.27 bits per heavy atom. The zero-order valence-corrected chi connectivity index (χ0v) is 17.9. The van der Waals surface area contributed by atoms with E-state index in [0.29, 0.717) is 41.9 Å². The van der Waals surface area contributed by atoms with Gasteiger partial charge < -0.3 is 20.7 Å². The minimum Gasteiger partial charge on any atom is -0.373 e. The molecule has 2 aliphatic rings. The van der Waals surface area contributed by atoms with Gasteiger partial charge in [0.15, 0.2) is 5.96 Å². The summed E-state index contributed by atoms with van der Waals surface area (Å²) in [4.78, 5) is 16.6. The number of guanidine groups is 1. The number of carbonyl (C=O) groups is 1. The Balaban J connectivity index is 0.00000243. The molecule has 0 aliphatic carbocycles. The first-order chi connectivity index (χ1) is 12.2. The summed E-state index contributed by atoms with van der Waals surface area (Å²) in [6.45, 7) is 3.82. The van der Waals surface area contributed by atoms with Crippen molar-refractivity contribution in [2.75, 3.05) is 19.6 Å². The van der Waals surface area contributed by atoms with Crippen LogP contribution in [-0.4, -0.2) is 49.8 Å². The van der Waals surface area contributed by atoms with Crippen LogP contribution in [0.25, 0.3) is 0 Å². The summed E-state index contributed by atoms with van der Waals surface area (Å²) in [5.74, 6) is 0.663. The summed E-state index contributed by atoms with van der Waals surface area (Å²) < 4.78 is 5.87. The number of carbonyl (C=O) groups excluding carboxylic acids is 1. The standard InChI is InChI=1S/C18H25ClN4O2.HI/c1-2-20-18(23-15-11-14-7-8-16(15)25-14)22-10-9-21-17(24)12-3-5-13(19)6-4-12;/h3-6,14-16H,2,7-11H2,1H3,(H,21,24)(H2,20,22,23);1H. The molecule has 1 aromatic rings. The van der Waals surface area contributed by atoms with E-state index in [4.69, 9.17) is 16.3 Å².